The average Bonchev–Trinajstić information content (AvgIpc) is 2.63. The lowest BCUT2D eigenvalue weighted by atomic mass is 10.2. The first-order valence-electron chi connectivity index (χ1n) is 7.97. The second-order valence-electron chi connectivity index (χ2n) is 5.33. The van der Waals surface area contributed by atoms with Gasteiger partial charge in [-0.05, 0) is 59.8 Å². The third kappa shape index (κ3) is 4.19. The van der Waals surface area contributed by atoms with Gasteiger partial charge in [-0.2, -0.15) is 0 Å². The van der Waals surface area contributed by atoms with Gasteiger partial charge in [-0.25, -0.2) is 0 Å². The van der Waals surface area contributed by atoms with E-state index in [1.165, 1.54) is 0 Å². The van der Waals surface area contributed by atoms with Crippen molar-refractivity contribution < 1.29 is 14.3 Å². The van der Waals surface area contributed by atoms with Crippen molar-refractivity contribution in [2.45, 2.75) is 6.92 Å². The van der Waals surface area contributed by atoms with Gasteiger partial charge in [0.1, 0.15) is 11.3 Å². The van der Waals surface area contributed by atoms with Crippen LogP contribution in [0.2, 0.25) is 5.02 Å². The number of hydrogen-bond donors (Lipinski definition) is 1. The van der Waals surface area contributed by atoms with Crippen LogP contribution >= 0.6 is 34.2 Å². The molecule has 5 nitrogen and oxygen atoms in total. The Morgan fingerprint density at radius 1 is 1.23 bits per heavy atom. The quantitative estimate of drug-likeness (QED) is 0.507. The highest BCUT2D eigenvalue weighted by Gasteiger charge is 2.14. The fourth-order valence-corrected chi connectivity index (χ4v) is 3.63. The van der Waals surface area contributed by atoms with Gasteiger partial charge in [-0.3, -0.25) is 9.78 Å². The number of amides is 1. The summed E-state index contributed by atoms with van der Waals surface area (Å²) < 4.78 is 12.1. The van der Waals surface area contributed by atoms with Crippen molar-refractivity contribution in [3.05, 3.63) is 57.3 Å². The molecular weight excluding hydrogens is 467 g/mol. The summed E-state index contributed by atoms with van der Waals surface area (Å²) in [5.74, 6) is 0.877. The van der Waals surface area contributed by atoms with E-state index in [1.807, 2.05) is 31.2 Å². The number of nitrogens with one attached hydrogen (secondary N) is 1. The molecular formula is C19H16ClIN2O3. The van der Waals surface area contributed by atoms with Crippen LogP contribution in [0.3, 0.4) is 0 Å². The number of carbonyl (C=O) groups is 1. The molecule has 0 bridgehead atoms. The monoisotopic (exact) mass is 482 g/mol. The van der Waals surface area contributed by atoms with E-state index in [9.17, 15) is 4.79 Å². The fourth-order valence-electron chi connectivity index (χ4n) is 2.46. The van der Waals surface area contributed by atoms with Crippen LogP contribution in [0.5, 0.6) is 11.5 Å². The van der Waals surface area contributed by atoms with Gasteiger partial charge in [-0.1, -0.05) is 23.7 Å². The molecule has 0 fully saturated rings. The fraction of sp³-hybridized carbons (Fsp3) is 0.158. The maximum atomic E-state index is 12.3. The van der Waals surface area contributed by atoms with Crippen molar-refractivity contribution in [1.29, 1.82) is 0 Å². The first kappa shape index (κ1) is 18.7. The molecule has 7 heteroatoms. The van der Waals surface area contributed by atoms with Crippen LogP contribution in [-0.2, 0) is 4.79 Å². The predicted octanol–water partition coefficient (Wildman–Crippen LogP) is 4.91. The summed E-state index contributed by atoms with van der Waals surface area (Å²) in [6, 6.07) is 12.7. The molecule has 1 heterocycles. The molecule has 1 N–H and O–H groups in total. The highest BCUT2D eigenvalue weighted by molar-refractivity contribution is 14.1. The summed E-state index contributed by atoms with van der Waals surface area (Å²) in [5.41, 5.74) is 1.24. The van der Waals surface area contributed by atoms with Crippen LogP contribution in [0.25, 0.3) is 10.9 Å². The van der Waals surface area contributed by atoms with Crippen LogP contribution in [-0.4, -0.2) is 24.1 Å². The van der Waals surface area contributed by atoms with E-state index in [4.69, 9.17) is 21.1 Å². The van der Waals surface area contributed by atoms with E-state index in [0.717, 1.165) is 8.96 Å². The third-order valence-electron chi connectivity index (χ3n) is 3.56. The lowest BCUT2D eigenvalue weighted by Gasteiger charge is -2.13. The minimum atomic E-state index is -0.285. The van der Waals surface area contributed by atoms with Gasteiger partial charge in [0.15, 0.2) is 12.4 Å². The first-order chi connectivity index (χ1) is 12.6. The van der Waals surface area contributed by atoms with Crippen LogP contribution in [0.1, 0.15) is 6.92 Å². The molecule has 1 aromatic heterocycles. The average molecular weight is 483 g/mol. The summed E-state index contributed by atoms with van der Waals surface area (Å²) in [5, 5.41) is 4.19. The molecule has 0 aliphatic heterocycles. The number of ether oxygens (including phenoxy) is 2. The lowest BCUT2D eigenvalue weighted by molar-refractivity contribution is -0.118. The number of pyridine rings is 1. The molecule has 0 spiro atoms. The number of hydrogen-bond acceptors (Lipinski definition) is 4. The Hall–Kier alpha value is -2.06. The molecule has 0 radical (unpaired) electrons. The number of para-hydroxylation sites is 2. The maximum absolute atomic E-state index is 12.3. The molecule has 134 valence electrons. The predicted molar refractivity (Wildman–Crippen MR) is 111 cm³/mol. The molecule has 0 atom stereocenters. The Morgan fingerprint density at radius 2 is 2.04 bits per heavy atom. The molecule has 0 unspecified atom stereocenters. The van der Waals surface area contributed by atoms with Crippen LogP contribution in [0.15, 0.2) is 48.7 Å². The number of carbonyl (C=O) groups excluding carboxylic acids is 1. The van der Waals surface area contributed by atoms with Gasteiger partial charge in [-0.15, -0.1) is 0 Å². The van der Waals surface area contributed by atoms with Gasteiger partial charge in [0, 0.05) is 11.6 Å². The number of aromatic nitrogens is 1. The zero-order chi connectivity index (χ0) is 18.5. The number of halogens is 2. The van der Waals surface area contributed by atoms with Crippen molar-refractivity contribution >= 4 is 56.7 Å². The van der Waals surface area contributed by atoms with E-state index in [-0.39, 0.29) is 12.5 Å². The molecule has 26 heavy (non-hydrogen) atoms. The van der Waals surface area contributed by atoms with Crippen molar-refractivity contribution in [2.24, 2.45) is 0 Å². The smallest absolute Gasteiger partial charge is 0.262 e. The maximum Gasteiger partial charge on any atom is 0.262 e. The first-order valence-corrected chi connectivity index (χ1v) is 9.43. The van der Waals surface area contributed by atoms with Gasteiger partial charge < -0.3 is 14.8 Å². The highest BCUT2D eigenvalue weighted by atomic mass is 127. The van der Waals surface area contributed by atoms with Crippen molar-refractivity contribution in [3.63, 3.8) is 0 Å². The largest absolute Gasteiger partial charge is 0.492 e. The molecule has 1 amide bonds. The van der Waals surface area contributed by atoms with Crippen molar-refractivity contribution in [2.75, 3.05) is 18.5 Å². The van der Waals surface area contributed by atoms with Gasteiger partial charge in [0.05, 0.1) is 20.9 Å². The zero-order valence-electron chi connectivity index (χ0n) is 14.0. The Bertz CT molecular complexity index is 949. The van der Waals surface area contributed by atoms with E-state index in [0.29, 0.717) is 34.3 Å². The number of benzene rings is 2. The molecule has 0 aliphatic rings. The minimum Gasteiger partial charge on any atom is -0.492 e. The van der Waals surface area contributed by atoms with Gasteiger partial charge >= 0.3 is 0 Å². The summed E-state index contributed by atoms with van der Waals surface area (Å²) in [7, 11) is 0. The number of anilines is 1. The molecule has 0 saturated heterocycles. The standard InChI is InChI=1S/C19H16ClIN2O3/c1-2-25-16-8-4-3-7-15(16)23-17(24)11-26-19-14(21)10-13(20)12-6-5-9-22-18(12)19/h3-10H,2,11H2,1H3,(H,23,24). The van der Waals surface area contributed by atoms with Crippen molar-refractivity contribution in [3.8, 4) is 11.5 Å². The Labute approximate surface area is 169 Å². The van der Waals surface area contributed by atoms with E-state index in [2.05, 4.69) is 32.9 Å². The second kappa shape index (κ2) is 8.55. The van der Waals surface area contributed by atoms with E-state index < -0.39 is 0 Å². The number of fused-ring (bicyclic) bond motifs is 1. The zero-order valence-corrected chi connectivity index (χ0v) is 16.9. The third-order valence-corrected chi connectivity index (χ3v) is 4.67. The second-order valence-corrected chi connectivity index (χ2v) is 6.90. The Morgan fingerprint density at radius 3 is 2.85 bits per heavy atom. The van der Waals surface area contributed by atoms with Crippen LogP contribution in [0, 0.1) is 3.57 Å². The lowest BCUT2D eigenvalue weighted by Crippen LogP contribution is -2.21. The summed E-state index contributed by atoms with van der Waals surface area (Å²) in [6.45, 7) is 2.26. The number of nitrogens with zero attached hydrogens (tertiary/aromatic N) is 1. The summed E-state index contributed by atoms with van der Waals surface area (Å²) >= 11 is 8.38. The highest BCUT2D eigenvalue weighted by Crippen LogP contribution is 2.34. The molecule has 3 aromatic rings. The topological polar surface area (TPSA) is 60.5 Å². The van der Waals surface area contributed by atoms with E-state index in [1.54, 1.807) is 24.4 Å². The van der Waals surface area contributed by atoms with Gasteiger partial charge in [0.25, 0.3) is 5.91 Å². The Kier molecular flexibility index (Phi) is 6.16. The van der Waals surface area contributed by atoms with Crippen molar-refractivity contribution in [1.82, 2.24) is 4.98 Å². The van der Waals surface area contributed by atoms with Crippen LogP contribution < -0.4 is 14.8 Å². The minimum absolute atomic E-state index is 0.149. The normalized spacial score (nSPS) is 10.6. The SMILES string of the molecule is CCOc1ccccc1NC(=O)COc1c(I)cc(Cl)c2cccnc12. The molecule has 2 aromatic carbocycles. The Balaban J connectivity index is 1.76. The number of rotatable bonds is 6. The molecule has 0 aliphatic carbocycles. The van der Waals surface area contributed by atoms with E-state index >= 15 is 0 Å². The summed E-state index contributed by atoms with van der Waals surface area (Å²) in [6.07, 6.45) is 1.67. The molecule has 0 saturated carbocycles. The molecule has 3 rings (SSSR count). The van der Waals surface area contributed by atoms with Gasteiger partial charge in [0.2, 0.25) is 0 Å². The van der Waals surface area contributed by atoms with Crippen LogP contribution in [0.4, 0.5) is 5.69 Å². The summed E-state index contributed by atoms with van der Waals surface area (Å²) in [4.78, 5) is 16.7.